The summed E-state index contributed by atoms with van der Waals surface area (Å²) in [6.07, 6.45) is 27.2. The van der Waals surface area contributed by atoms with E-state index in [2.05, 4.69) is 31.3 Å². The lowest BCUT2D eigenvalue weighted by Gasteiger charge is -2.18. The zero-order valence-electron chi connectivity index (χ0n) is 25.9. The van der Waals surface area contributed by atoms with Crippen LogP contribution >= 0.6 is 0 Å². The molecule has 0 heterocycles. The Morgan fingerprint density at radius 2 is 1.25 bits per heavy atom. The van der Waals surface area contributed by atoms with Gasteiger partial charge in [-0.05, 0) is 77.2 Å². The highest BCUT2D eigenvalue weighted by atomic mass is 16.5. The van der Waals surface area contributed by atoms with Crippen molar-refractivity contribution in [3.05, 3.63) is 12.2 Å². The lowest BCUT2D eigenvalue weighted by molar-refractivity contribution is -0.150. The van der Waals surface area contributed by atoms with Crippen molar-refractivity contribution in [1.82, 2.24) is 5.32 Å². The van der Waals surface area contributed by atoms with Crippen molar-refractivity contribution >= 4 is 17.8 Å². The van der Waals surface area contributed by atoms with Crippen LogP contribution in [0.1, 0.15) is 162 Å². The Bertz CT molecular complexity index is 653. The SMILES string of the molecule is CCCCCCC/C=C\CCCCCCCC(=O)OC(CCCC)CCCCCC(=O)NC(CCCN)C(=O)O. The molecule has 0 aliphatic rings. The number of carbonyl (C=O) groups is 3. The topological polar surface area (TPSA) is 119 Å². The first-order chi connectivity index (χ1) is 19.4. The smallest absolute Gasteiger partial charge is 0.326 e. The minimum Gasteiger partial charge on any atom is -0.480 e. The van der Waals surface area contributed by atoms with Gasteiger partial charge in [0.05, 0.1) is 0 Å². The van der Waals surface area contributed by atoms with Gasteiger partial charge in [0.1, 0.15) is 12.1 Å². The number of allylic oxidation sites excluding steroid dienone is 2. The molecular formula is C33H62N2O5. The van der Waals surface area contributed by atoms with Crippen molar-refractivity contribution in [1.29, 1.82) is 0 Å². The summed E-state index contributed by atoms with van der Waals surface area (Å²) in [4.78, 5) is 35.8. The largest absolute Gasteiger partial charge is 0.480 e. The second-order valence-corrected chi connectivity index (χ2v) is 11.2. The van der Waals surface area contributed by atoms with Crippen molar-refractivity contribution in [2.75, 3.05) is 6.54 Å². The standard InChI is InChI=1S/C33H62N2O5/c1-3-5-7-8-9-10-11-12-13-14-15-16-17-21-27-32(37)40-29(23-6-4-2)24-19-18-20-26-31(36)35-30(33(38)39)25-22-28-34/h11-12,29-30H,3-10,13-28,34H2,1-2H3,(H,35,36)(H,38,39)/b12-11-. The summed E-state index contributed by atoms with van der Waals surface area (Å²) >= 11 is 0. The van der Waals surface area contributed by atoms with E-state index < -0.39 is 12.0 Å². The van der Waals surface area contributed by atoms with Crippen LogP contribution in [0.5, 0.6) is 0 Å². The van der Waals surface area contributed by atoms with E-state index in [1.165, 1.54) is 64.2 Å². The van der Waals surface area contributed by atoms with Gasteiger partial charge in [-0.3, -0.25) is 9.59 Å². The maximum Gasteiger partial charge on any atom is 0.326 e. The highest BCUT2D eigenvalue weighted by molar-refractivity contribution is 5.83. The van der Waals surface area contributed by atoms with Crippen LogP contribution in [0.15, 0.2) is 12.2 Å². The second kappa shape index (κ2) is 28.6. The number of carboxylic acids is 1. The Balaban J connectivity index is 3.95. The minimum atomic E-state index is -1.02. The van der Waals surface area contributed by atoms with Gasteiger partial charge >= 0.3 is 11.9 Å². The molecule has 4 N–H and O–H groups in total. The van der Waals surface area contributed by atoms with Crippen LogP contribution in [0.25, 0.3) is 0 Å². The van der Waals surface area contributed by atoms with E-state index in [9.17, 15) is 19.5 Å². The van der Waals surface area contributed by atoms with E-state index in [1.54, 1.807) is 0 Å². The molecule has 0 spiro atoms. The molecule has 0 aliphatic heterocycles. The van der Waals surface area contributed by atoms with E-state index >= 15 is 0 Å². The highest BCUT2D eigenvalue weighted by Crippen LogP contribution is 2.16. The normalized spacial score (nSPS) is 12.9. The molecule has 7 nitrogen and oxygen atoms in total. The average Bonchev–Trinajstić information content (AvgIpc) is 2.93. The lowest BCUT2D eigenvalue weighted by Crippen LogP contribution is -2.40. The van der Waals surface area contributed by atoms with E-state index in [-0.39, 0.29) is 18.0 Å². The Hall–Kier alpha value is -1.89. The van der Waals surface area contributed by atoms with Gasteiger partial charge in [0.15, 0.2) is 0 Å². The molecule has 0 fully saturated rings. The monoisotopic (exact) mass is 566 g/mol. The number of nitrogens with two attached hydrogens (primary N) is 1. The molecule has 0 saturated carbocycles. The number of carbonyl (C=O) groups excluding carboxylic acids is 2. The Morgan fingerprint density at radius 3 is 1.88 bits per heavy atom. The molecule has 0 aliphatic carbocycles. The minimum absolute atomic E-state index is 0.0487. The molecule has 7 heteroatoms. The Labute approximate surface area is 245 Å². The number of nitrogens with one attached hydrogen (secondary N) is 1. The fourth-order valence-electron chi connectivity index (χ4n) is 4.78. The van der Waals surface area contributed by atoms with Gasteiger partial charge in [-0.25, -0.2) is 4.79 Å². The highest BCUT2D eigenvalue weighted by Gasteiger charge is 2.19. The molecule has 1 amide bonds. The molecule has 40 heavy (non-hydrogen) atoms. The van der Waals surface area contributed by atoms with E-state index in [0.717, 1.165) is 51.4 Å². The number of hydrogen-bond acceptors (Lipinski definition) is 5. The van der Waals surface area contributed by atoms with Crippen LogP contribution in [0.2, 0.25) is 0 Å². The number of carboxylic acid groups (broad SMARTS) is 1. The number of amides is 1. The third kappa shape index (κ3) is 25.1. The van der Waals surface area contributed by atoms with Crippen LogP contribution in [-0.4, -0.2) is 41.6 Å². The van der Waals surface area contributed by atoms with Crippen LogP contribution in [0.4, 0.5) is 0 Å². The molecular weight excluding hydrogens is 504 g/mol. The summed E-state index contributed by atoms with van der Waals surface area (Å²) in [5, 5.41) is 11.8. The molecule has 234 valence electrons. The lowest BCUT2D eigenvalue weighted by atomic mass is 10.0. The van der Waals surface area contributed by atoms with Crippen LogP contribution in [0, 0.1) is 0 Å². The molecule has 0 rings (SSSR count). The summed E-state index contributed by atoms with van der Waals surface area (Å²) in [5.41, 5.74) is 5.44. The van der Waals surface area contributed by atoms with Gasteiger partial charge in [-0.2, -0.15) is 0 Å². The summed E-state index contributed by atoms with van der Waals surface area (Å²) in [6, 6.07) is -0.870. The molecule has 0 radical (unpaired) electrons. The molecule has 0 saturated heterocycles. The van der Waals surface area contributed by atoms with Gasteiger partial charge in [0.25, 0.3) is 0 Å². The summed E-state index contributed by atoms with van der Waals surface area (Å²) < 4.78 is 5.81. The van der Waals surface area contributed by atoms with Gasteiger partial charge in [-0.1, -0.05) is 90.2 Å². The third-order valence-electron chi connectivity index (χ3n) is 7.33. The number of aliphatic carboxylic acids is 1. The van der Waals surface area contributed by atoms with Crippen LogP contribution in [0.3, 0.4) is 0 Å². The van der Waals surface area contributed by atoms with Crippen molar-refractivity contribution in [3.8, 4) is 0 Å². The fourth-order valence-corrected chi connectivity index (χ4v) is 4.78. The summed E-state index contributed by atoms with van der Waals surface area (Å²) in [6.45, 7) is 4.79. The van der Waals surface area contributed by atoms with Gasteiger partial charge in [-0.15, -0.1) is 0 Å². The maximum absolute atomic E-state index is 12.4. The van der Waals surface area contributed by atoms with Crippen molar-refractivity contribution < 1.29 is 24.2 Å². The number of esters is 1. The molecule has 0 bridgehead atoms. The second-order valence-electron chi connectivity index (χ2n) is 11.2. The number of hydrogen-bond donors (Lipinski definition) is 3. The van der Waals surface area contributed by atoms with Gasteiger partial charge in [0, 0.05) is 12.8 Å². The third-order valence-corrected chi connectivity index (χ3v) is 7.33. The first-order valence-corrected chi connectivity index (χ1v) is 16.5. The summed E-state index contributed by atoms with van der Waals surface area (Å²) in [7, 11) is 0. The zero-order valence-corrected chi connectivity index (χ0v) is 25.9. The van der Waals surface area contributed by atoms with Crippen molar-refractivity contribution in [3.63, 3.8) is 0 Å². The maximum atomic E-state index is 12.4. The number of rotatable bonds is 29. The van der Waals surface area contributed by atoms with Crippen molar-refractivity contribution in [2.24, 2.45) is 5.73 Å². The van der Waals surface area contributed by atoms with Crippen LogP contribution < -0.4 is 11.1 Å². The molecule has 0 aromatic carbocycles. The Morgan fingerprint density at radius 1 is 0.700 bits per heavy atom. The molecule has 2 unspecified atom stereocenters. The molecule has 0 aromatic heterocycles. The van der Waals surface area contributed by atoms with Gasteiger partial charge in [0.2, 0.25) is 5.91 Å². The molecule has 0 aromatic rings. The number of ether oxygens (including phenoxy) is 1. The van der Waals surface area contributed by atoms with E-state index in [4.69, 9.17) is 10.5 Å². The quantitative estimate of drug-likeness (QED) is 0.0479. The predicted molar refractivity (Wildman–Crippen MR) is 165 cm³/mol. The summed E-state index contributed by atoms with van der Waals surface area (Å²) in [5.74, 6) is -1.34. The van der Waals surface area contributed by atoms with Gasteiger partial charge < -0.3 is 20.9 Å². The first kappa shape index (κ1) is 38.1. The van der Waals surface area contributed by atoms with E-state index in [0.29, 0.717) is 38.6 Å². The fraction of sp³-hybridized carbons (Fsp3) is 0.848. The van der Waals surface area contributed by atoms with Crippen LogP contribution in [-0.2, 0) is 19.1 Å². The average molecular weight is 567 g/mol. The zero-order chi connectivity index (χ0) is 29.7. The molecule has 2 atom stereocenters. The predicted octanol–water partition coefficient (Wildman–Crippen LogP) is 7.99. The van der Waals surface area contributed by atoms with Crippen molar-refractivity contribution in [2.45, 2.75) is 174 Å². The first-order valence-electron chi connectivity index (χ1n) is 16.5. The number of unbranched alkanes of at least 4 members (excludes halogenated alkanes) is 13. The Kier molecular flexibility index (Phi) is 27.3. The van der Waals surface area contributed by atoms with E-state index in [1.807, 2.05) is 0 Å².